The molecule has 0 bridgehead atoms. The fourth-order valence-electron chi connectivity index (χ4n) is 3.19. The third kappa shape index (κ3) is 2.74. The third-order valence-corrected chi connectivity index (χ3v) is 5.53. The van der Waals surface area contributed by atoms with Gasteiger partial charge in [-0.25, -0.2) is 4.98 Å². The maximum atomic E-state index is 12.8. The number of hydrogen-bond donors (Lipinski definition) is 1. The van der Waals surface area contributed by atoms with Gasteiger partial charge in [0, 0.05) is 24.7 Å². The monoisotopic (exact) mass is 345 g/mol. The molecule has 2 N–H and O–H groups in total. The van der Waals surface area contributed by atoms with E-state index in [2.05, 4.69) is 4.98 Å². The highest BCUT2D eigenvalue weighted by Gasteiger charge is 2.28. The van der Waals surface area contributed by atoms with Crippen LogP contribution in [0.25, 0.3) is 10.6 Å². The maximum Gasteiger partial charge on any atom is 0.265 e. The molecular formula is C17H19N3O3S. The Hall–Kier alpha value is -2.12. The molecule has 2 aliphatic rings. The molecule has 1 atom stereocenters. The Morgan fingerprint density at radius 1 is 1.33 bits per heavy atom. The first-order valence-electron chi connectivity index (χ1n) is 8.13. The minimum atomic E-state index is 0.0367. The molecule has 24 heavy (non-hydrogen) atoms. The molecule has 0 saturated carbocycles. The Morgan fingerprint density at radius 2 is 2.21 bits per heavy atom. The van der Waals surface area contributed by atoms with Crippen LogP contribution < -0.4 is 15.2 Å². The van der Waals surface area contributed by atoms with Crippen molar-refractivity contribution in [2.45, 2.75) is 25.3 Å². The first-order valence-corrected chi connectivity index (χ1v) is 8.95. The van der Waals surface area contributed by atoms with Crippen LogP contribution in [0, 0.1) is 0 Å². The molecule has 3 heterocycles. The van der Waals surface area contributed by atoms with Gasteiger partial charge in [0.1, 0.15) is 9.88 Å². The summed E-state index contributed by atoms with van der Waals surface area (Å²) in [6.45, 7) is 1.54. The maximum absolute atomic E-state index is 12.8. The summed E-state index contributed by atoms with van der Waals surface area (Å²) in [4.78, 5) is 19.8. The third-order valence-electron chi connectivity index (χ3n) is 4.50. The van der Waals surface area contributed by atoms with Gasteiger partial charge in [-0.3, -0.25) is 4.79 Å². The number of nitrogens with two attached hydrogens (primary N) is 1. The Balaban J connectivity index is 1.57. The number of aromatic nitrogens is 1. The zero-order valence-electron chi connectivity index (χ0n) is 13.2. The van der Waals surface area contributed by atoms with Crippen LogP contribution in [0.2, 0.25) is 0 Å². The molecule has 1 aromatic carbocycles. The number of likely N-dealkylation sites (tertiary alicyclic amines) is 1. The van der Waals surface area contributed by atoms with E-state index in [4.69, 9.17) is 15.2 Å². The molecule has 6 nitrogen and oxygen atoms in total. The van der Waals surface area contributed by atoms with E-state index in [9.17, 15) is 4.79 Å². The Bertz CT molecular complexity index is 761. The zero-order chi connectivity index (χ0) is 16.5. The van der Waals surface area contributed by atoms with E-state index in [1.807, 2.05) is 23.1 Å². The van der Waals surface area contributed by atoms with Crippen LogP contribution in [0.5, 0.6) is 11.5 Å². The summed E-state index contributed by atoms with van der Waals surface area (Å²) in [5.41, 5.74) is 6.75. The number of rotatable bonds is 3. The second-order valence-corrected chi connectivity index (χ2v) is 7.01. The lowest BCUT2D eigenvalue weighted by atomic mass is 10.0. The van der Waals surface area contributed by atoms with Crippen LogP contribution >= 0.6 is 11.3 Å². The van der Waals surface area contributed by atoms with Crippen LogP contribution in [-0.4, -0.2) is 41.7 Å². The number of nitrogens with zero attached hydrogens (tertiary/aromatic N) is 2. The van der Waals surface area contributed by atoms with E-state index >= 15 is 0 Å². The second-order valence-electron chi connectivity index (χ2n) is 5.98. The van der Waals surface area contributed by atoms with Gasteiger partial charge in [-0.05, 0) is 37.5 Å². The normalized spacial score (nSPS) is 19.5. The Morgan fingerprint density at radius 3 is 3.08 bits per heavy atom. The standard InChI is InChI=1S/C17H19N3O3S/c18-8-12-3-1-2-6-20(12)17(21)15-9-19-16(24-15)11-4-5-13-14(7-11)23-10-22-13/h4-5,7,9,12H,1-3,6,8,10,18H2. The van der Waals surface area contributed by atoms with Gasteiger partial charge in [0.2, 0.25) is 6.79 Å². The smallest absolute Gasteiger partial charge is 0.265 e. The van der Waals surface area contributed by atoms with E-state index in [-0.39, 0.29) is 18.7 Å². The van der Waals surface area contributed by atoms with E-state index < -0.39 is 0 Å². The SMILES string of the molecule is NCC1CCCCN1C(=O)c1cnc(-c2ccc3c(c2)OCO3)s1. The van der Waals surface area contributed by atoms with Crippen molar-refractivity contribution in [2.75, 3.05) is 19.9 Å². The highest BCUT2D eigenvalue weighted by Crippen LogP contribution is 2.37. The van der Waals surface area contributed by atoms with E-state index in [0.29, 0.717) is 11.4 Å². The number of fused-ring (bicyclic) bond motifs is 1. The lowest BCUT2D eigenvalue weighted by Gasteiger charge is -2.34. The van der Waals surface area contributed by atoms with Crippen LogP contribution in [0.1, 0.15) is 28.9 Å². The fraction of sp³-hybridized carbons (Fsp3) is 0.412. The van der Waals surface area contributed by atoms with Gasteiger partial charge in [-0.1, -0.05) is 0 Å². The van der Waals surface area contributed by atoms with E-state index in [0.717, 1.165) is 47.9 Å². The molecule has 1 unspecified atom stereocenters. The predicted octanol–water partition coefficient (Wildman–Crippen LogP) is 2.49. The average Bonchev–Trinajstić information content (AvgIpc) is 3.29. The van der Waals surface area contributed by atoms with Crippen molar-refractivity contribution < 1.29 is 14.3 Å². The quantitative estimate of drug-likeness (QED) is 0.925. The number of carbonyl (C=O) groups excluding carboxylic acids is 1. The summed E-state index contributed by atoms with van der Waals surface area (Å²) >= 11 is 1.41. The number of ether oxygens (including phenoxy) is 2. The summed E-state index contributed by atoms with van der Waals surface area (Å²) in [7, 11) is 0. The Labute approximate surface area is 144 Å². The molecule has 1 fully saturated rings. The minimum Gasteiger partial charge on any atom is -0.454 e. The summed E-state index contributed by atoms with van der Waals surface area (Å²) in [6, 6.07) is 5.85. The van der Waals surface area contributed by atoms with Crippen LogP contribution in [0.15, 0.2) is 24.4 Å². The van der Waals surface area contributed by atoms with Crippen LogP contribution in [-0.2, 0) is 0 Å². The van der Waals surface area contributed by atoms with Gasteiger partial charge >= 0.3 is 0 Å². The van der Waals surface area contributed by atoms with Gasteiger partial charge < -0.3 is 20.1 Å². The molecule has 1 aromatic heterocycles. The molecule has 7 heteroatoms. The van der Waals surface area contributed by atoms with Crippen molar-refractivity contribution in [3.63, 3.8) is 0 Å². The number of benzene rings is 1. The lowest BCUT2D eigenvalue weighted by Crippen LogP contribution is -2.47. The number of hydrogen-bond acceptors (Lipinski definition) is 6. The average molecular weight is 345 g/mol. The van der Waals surface area contributed by atoms with Crippen molar-refractivity contribution in [1.29, 1.82) is 0 Å². The van der Waals surface area contributed by atoms with Crippen LogP contribution in [0.3, 0.4) is 0 Å². The highest BCUT2D eigenvalue weighted by molar-refractivity contribution is 7.16. The van der Waals surface area contributed by atoms with Gasteiger partial charge in [-0.2, -0.15) is 0 Å². The van der Waals surface area contributed by atoms with Crippen molar-refractivity contribution in [3.05, 3.63) is 29.3 Å². The number of amides is 1. The molecule has 2 aromatic rings. The predicted molar refractivity (Wildman–Crippen MR) is 91.4 cm³/mol. The summed E-state index contributed by atoms with van der Waals surface area (Å²) < 4.78 is 10.7. The lowest BCUT2D eigenvalue weighted by molar-refractivity contribution is 0.0628. The van der Waals surface area contributed by atoms with Crippen molar-refractivity contribution >= 4 is 17.2 Å². The first kappa shape index (κ1) is 15.4. The second kappa shape index (κ2) is 6.41. The highest BCUT2D eigenvalue weighted by atomic mass is 32.1. The fourth-order valence-corrected chi connectivity index (χ4v) is 4.06. The largest absolute Gasteiger partial charge is 0.454 e. The minimum absolute atomic E-state index is 0.0367. The number of thiazole rings is 1. The molecule has 1 saturated heterocycles. The van der Waals surface area contributed by atoms with E-state index in [1.54, 1.807) is 6.20 Å². The molecular weight excluding hydrogens is 326 g/mol. The molecule has 2 aliphatic heterocycles. The first-order chi connectivity index (χ1) is 11.8. The molecule has 126 valence electrons. The summed E-state index contributed by atoms with van der Waals surface area (Å²) in [5, 5.41) is 0.804. The van der Waals surface area contributed by atoms with Gasteiger partial charge in [0.15, 0.2) is 11.5 Å². The molecule has 1 amide bonds. The van der Waals surface area contributed by atoms with Crippen molar-refractivity contribution in [1.82, 2.24) is 9.88 Å². The van der Waals surface area contributed by atoms with Gasteiger partial charge in [0.25, 0.3) is 5.91 Å². The molecule has 4 rings (SSSR count). The topological polar surface area (TPSA) is 77.7 Å². The zero-order valence-corrected chi connectivity index (χ0v) is 14.1. The summed E-state index contributed by atoms with van der Waals surface area (Å²) in [5.74, 6) is 1.50. The van der Waals surface area contributed by atoms with Crippen molar-refractivity contribution in [3.8, 4) is 22.1 Å². The molecule has 0 aliphatic carbocycles. The Kier molecular flexibility index (Phi) is 4.12. The molecule has 0 spiro atoms. The van der Waals surface area contributed by atoms with Crippen LogP contribution in [0.4, 0.5) is 0 Å². The summed E-state index contributed by atoms with van der Waals surface area (Å²) in [6.07, 6.45) is 4.82. The van der Waals surface area contributed by atoms with Crippen molar-refractivity contribution in [2.24, 2.45) is 5.73 Å². The number of carbonyl (C=O) groups is 1. The van der Waals surface area contributed by atoms with E-state index in [1.165, 1.54) is 11.3 Å². The van der Waals surface area contributed by atoms with Gasteiger partial charge in [-0.15, -0.1) is 11.3 Å². The number of piperidine rings is 1. The van der Waals surface area contributed by atoms with Gasteiger partial charge in [0.05, 0.1) is 6.20 Å². The molecule has 0 radical (unpaired) electrons.